The van der Waals surface area contributed by atoms with Gasteiger partial charge in [-0.25, -0.2) is 0 Å². The molecule has 4 nitrogen and oxygen atoms in total. The topological polar surface area (TPSA) is 55.8 Å². The Hall–Kier alpha value is -1.60. The molecule has 0 aliphatic rings. The molecular formula is C18H25F3O4. The number of alkyl halides is 3. The minimum atomic E-state index is -4.44. The van der Waals surface area contributed by atoms with Gasteiger partial charge in [0.25, 0.3) is 0 Å². The Balaban J connectivity index is 3.33. The third-order valence-corrected chi connectivity index (χ3v) is 4.17. The first-order chi connectivity index (χ1) is 11.4. The van der Waals surface area contributed by atoms with Crippen LogP contribution in [0.25, 0.3) is 0 Å². The van der Waals surface area contributed by atoms with Gasteiger partial charge < -0.3 is 14.6 Å². The molecule has 0 heterocycles. The van der Waals surface area contributed by atoms with Gasteiger partial charge in [-0.1, -0.05) is 26.0 Å². The molecule has 0 aliphatic carbocycles. The molecule has 1 N–H and O–H groups in total. The third-order valence-electron chi connectivity index (χ3n) is 4.17. The summed E-state index contributed by atoms with van der Waals surface area (Å²) in [7, 11) is 0. The van der Waals surface area contributed by atoms with Gasteiger partial charge in [0.05, 0.1) is 12.2 Å². The van der Waals surface area contributed by atoms with Crippen LogP contribution in [-0.4, -0.2) is 30.1 Å². The number of halogens is 3. The van der Waals surface area contributed by atoms with Crippen LogP contribution in [0.2, 0.25) is 0 Å². The number of esters is 1. The van der Waals surface area contributed by atoms with Crippen molar-refractivity contribution in [3.05, 3.63) is 35.4 Å². The number of benzene rings is 1. The first-order valence-electron chi connectivity index (χ1n) is 8.08. The first-order valence-corrected chi connectivity index (χ1v) is 8.08. The van der Waals surface area contributed by atoms with Crippen molar-refractivity contribution in [2.24, 2.45) is 5.92 Å². The molecule has 0 bridgehead atoms. The van der Waals surface area contributed by atoms with Crippen LogP contribution in [0.4, 0.5) is 13.2 Å². The molecule has 142 valence electrons. The molecule has 1 aromatic rings. The Morgan fingerprint density at radius 1 is 1.04 bits per heavy atom. The van der Waals surface area contributed by atoms with Crippen LogP contribution in [-0.2, 0) is 25.9 Å². The molecule has 2 unspecified atom stereocenters. The van der Waals surface area contributed by atoms with Crippen LogP contribution in [0.5, 0.6) is 0 Å². The second kappa shape index (κ2) is 7.74. The first kappa shape index (κ1) is 21.4. The Bertz CT molecular complexity index is 577. The van der Waals surface area contributed by atoms with Crippen LogP contribution < -0.4 is 0 Å². The Kier molecular flexibility index (Phi) is 6.64. The number of carbonyl (C=O) groups is 1. The molecule has 0 aliphatic heterocycles. The smallest absolute Gasteiger partial charge is 0.416 e. The summed E-state index contributed by atoms with van der Waals surface area (Å²) in [6, 6.07) is 4.51. The average molecular weight is 362 g/mol. The summed E-state index contributed by atoms with van der Waals surface area (Å²) in [6.07, 6.45) is -4.44. The summed E-state index contributed by atoms with van der Waals surface area (Å²) >= 11 is 0. The lowest BCUT2D eigenvalue weighted by atomic mass is 9.69. The number of carbonyl (C=O) groups excluding carboxylic acids is 1. The summed E-state index contributed by atoms with van der Waals surface area (Å²) in [6.45, 7) is 8.24. The van der Waals surface area contributed by atoms with Crippen molar-refractivity contribution in [3.63, 3.8) is 0 Å². The molecule has 0 radical (unpaired) electrons. The van der Waals surface area contributed by atoms with Gasteiger partial charge in [-0.2, -0.15) is 13.2 Å². The monoisotopic (exact) mass is 362 g/mol. The zero-order valence-electron chi connectivity index (χ0n) is 15.1. The van der Waals surface area contributed by atoms with E-state index < -0.39 is 34.8 Å². The molecule has 25 heavy (non-hydrogen) atoms. The minimum Gasteiger partial charge on any atom is -0.466 e. The fraction of sp³-hybridized carbons (Fsp3) is 0.611. The quantitative estimate of drug-likeness (QED) is 0.590. The molecule has 2 atom stereocenters. The second-order valence-electron chi connectivity index (χ2n) is 6.47. The molecule has 0 aromatic heterocycles. The molecule has 1 aromatic carbocycles. The predicted molar refractivity (Wildman–Crippen MR) is 86.8 cm³/mol. The molecule has 0 fully saturated rings. The van der Waals surface area contributed by atoms with Crippen molar-refractivity contribution >= 4 is 5.97 Å². The van der Waals surface area contributed by atoms with E-state index in [1.165, 1.54) is 19.1 Å². The van der Waals surface area contributed by atoms with E-state index in [-0.39, 0.29) is 13.2 Å². The van der Waals surface area contributed by atoms with E-state index >= 15 is 0 Å². The van der Waals surface area contributed by atoms with Crippen molar-refractivity contribution in [2.45, 2.75) is 52.0 Å². The van der Waals surface area contributed by atoms with Crippen LogP contribution in [0, 0.1) is 5.92 Å². The van der Waals surface area contributed by atoms with E-state index in [1.54, 1.807) is 27.7 Å². The zero-order valence-corrected chi connectivity index (χ0v) is 15.1. The van der Waals surface area contributed by atoms with Crippen molar-refractivity contribution in [1.82, 2.24) is 0 Å². The van der Waals surface area contributed by atoms with Gasteiger partial charge in [0.1, 0.15) is 5.92 Å². The second-order valence-corrected chi connectivity index (χ2v) is 6.47. The normalized spacial score (nSPS) is 16.2. The fourth-order valence-corrected chi connectivity index (χ4v) is 3.04. The molecule has 7 heteroatoms. The zero-order chi connectivity index (χ0) is 19.5. The summed E-state index contributed by atoms with van der Waals surface area (Å²) in [5.74, 6) is -3.64. The highest BCUT2D eigenvalue weighted by Gasteiger charge is 2.50. The lowest BCUT2D eigenvalue weighted by molar-refractivity contribution is -0.238. The molecule has 0 saturated heterocycles. The van der Waals surface area contributed by atoms with Crippen LogP contribution in [0.15, 0.2) is 24.3 Å². The highest BCUT2D eigenvalue weighted by atomic mass is 19.4. The highest BCUT2D eigenvalue weighted by molar-refractivity contribution is 5.75. The van der Waals surface area contributed by atoms with Gasteiger partial charge in [-0.15, -0.1) is 0 Å². The summed E-state index contributed by atoms with van der Waals surface area (Å²) < 4.78 is 48.7. The Morgan fingerprint density at radius 3 is 1.92 bits per heavy atom. The molecule has 0 saturated carbocycles. The number of rotatable bonds is 7. The van der Waals surface area contributed by atoms with Crippen molar-refractivity contribution in [3.8, 4) is 0 Å². The van der Waals surface area contributed by atoms with Crippen LogP contribution >= 0.6 is 0 Å². The molecular weight excluding hydrogens is 337 g/mol. The SMILES string of the molecule is CCOC(=O)C(C(C)(O)OCC)C(C)(C)c1ccc(C(F)(F)F)cc1. The van der Waals surface area contributed by atoms with Crippen molar-refractivity contribution in [1.29, 1.82) is 0 Å². The lowest BCUT2D eigenvalue weighted by Gasteiger charge is -2.41. The van der Waals surface area contributed by atoms with E-state index in [2.05, 4.69) is 0 Å². The number of ether oxygens (including phenoxy) is 2. The lowest BCUT2D eigenvalue weighted by Crippen LogP contribution is -2.52. The molecule has 0 spiro atoms. The van der Waals surface area contributed by atoms with Crippen LogP contribution in [0.1, 0.15) is 45.7 Å². The van der Waals surface area contributed by atoms with Crippen LogP contribution in [0.3, 0.4) is 0 Å². The van der Waals surface area contributed by atoms with E-state index in [9.17, 15) is 23.1 Å². The Morgan fingerprint density at radius 2 is 1.52 bits per heavy atom. The summed E-state index contributed by atoms with van der Waals surface area (Å²) in [5.41, 5.74) is -1.36. The minimum absolute atomic E-state index is 0.112. The van der Waals surface area contributed by atoms with Gasteiger partial charge in [0, 0.05) is 12.0 Å². The van der Waals surface area contributed by atoms with Crippen molar-refractivity contribution in [2.75, 3.05) is 13.2 Å². The maximum absolute atomic E-state index is 12.8. The predicted octanol–water partition coefficient (Wildman–Crippen LogP) is 3.91. The Labute approximate surface area is 145 Å². The maximum Gasteiger partial charge on any atom is 0.416 e. The fourth-order valence-electron chi connectivity index (χ4n) is 3.04. The van der Waals surface area contributed by atoms with Gasteiger partial charge >= 0.3 is 12.1 Å². The van der Waals surface area contributed by atoms with Gasteiger partial charge in [0.2, 0.25) is 0 Å². The maximum atomic E-state index is 12.8. The largest absolute Gasteiger partial charge is 0.466 e. The molecule has 1 rings (SSSR count). The number of hydrogen-bond acceptors (Lipinski definition) is 4. The summed E-state index contributed by atoms with van der Waals surface area (Å²) in [5, 5.41) is 10.6. The standard InChI is InChI=1S/C18H25F3O4/c1-6-24-15(22)14(17(5,23)25-7-2)16(3,4)12-8-10-13(11-9-12)18(19,20)21/h8-11,14,23H,6-7H2,1-5H3. The third kappa shape index (κ3) is 4.95. The van der Waals surface area contributed by atoms with Gasteiger partial charge in [0.15, 0.2) is 5.79 Å². The van der Waals surface area contributed by atoms with Gasteiger partial charge in [-0.05, 0) is 38.5 Å². The number of aliphatic hydroxyl groups is 1. The van der Waals surface area contributed by atoms with E-state index in [1.807, 2.05) is 0 Å². The van der Waals surface area contributed by atoms with E-state index in [0.717, 1.165) is 12.1 Å². The van der Waals surface area contributed by atoms with E-state index in [4.69, 9.17) is 9.47 Å². The average Bonchev–Trinajstić information content (AvgIpc) is 2.46. The summed E-state index contributed by atoms with van der Waals surface area (Å²) in [4.78, 5) is 12.5. The highest BCUT2D eigenvalue weighted by Crippen LogP contribution is 2.41. The van der Waals surface area contributed by atoms with Crippen molar-refractivity contribution < 1.29 is 32.5 Å². The number of hydrogen-bond donors (Lipinski definition) is 1. The molecule has 0 amide bonds. The van der Waals surface area contributed by atoms with E-state index in [0.29, 0.717) is 5.56 Å². The van der Waals surface area contributed by atoms with Gasteiger partial charge in [-0.3, -0.25) is 4.79 Å².